The van der Waals surface area contributed by atoms with Crippen molar-refractivity contribution in [2.75, 3.05) is 13.7 Å². The quantitative estimate of drug-likeness (QED) is 0.848. The van der Waals surface area contributed by atoms with Crippen molar-refractivity contribution in [1.82, 2.24) is 5.32 Å². The first-order valence-corrected chi connectivity index (χ1v) is 6.81. The molecule has 0 aliphatic rings. The van der Waals surface area contributed by atoms with Gasteiger partial charge >= 0.3 is 0 Å². The van der Waals surface area contributed by atoms with Gasteiger partial charge in [-0.05, 0) is 18.6 Å². The van der Waals surface area contributed by atoms with Gasteiger partial charge in [0, 0.05) is 18.2 Å². The van der Waals surface area contributed by atoms with Gasteiger partial charge < -0.3 is 15.2 Å². The van der Waals surface area contributed by atoms with E-state index in [1.807, 2.05) is 54.6 Å². The average molecular weight is 271 g/mol. The molecule has 0 heterocycles. The van der Waals surface area contributed by atoms with E-state index in [2.05, 4.69) is 12.2 Å². The minimum atomic E-state index is -0.506. The van der Waals surface area contributed by atoms with Crippen LogP contribution in [0.3, 0.4) is 0 Å². The molecule has 0 bridgehead atoms. The maximum absolute atomic E-state index is 10.1. The Kier molecular flexibility index (Phi) is 5.16. The lowest BCUT2D eigenvalue weighted by atomic mass is 10.1. The van der Waals surface area contributed by atoms with Gasteiger partial charge in [0.15, 0.2) is 0 Å². The van der Waals surface area contributed by atoms with E-state index in [1.54, 1.807) is 7.11 Å². The van der Waals surface area contributed by atoms with Crippen molar-refractivity contribution in [3.63, 3.8) is 0 Å². The number of methoxy groups -OCH3 is 1. The molecule has 3 heteroatoms. The van der Waals surface area contributed by atoms with Gasteiger partial charge in [-0.2, -0.15) is 0 Å². The highest BCUT2D eigenvalue weighted by Gasteiger charge is 2.13. The van der Waals surface area contributed by atoms with Crippen LogP contribution < -0.4 is 10.1 Å². The van der Waals surface area contributed by atoms with E-state index in [9.17, 15) is 5.11 Å². The van der Waals surface area contributed by atoms with Crippen molar-refractivity contribution < 1.29 is 9.84 Å². The molecule has 106 valence electrons. The van der Waals surface area contributed by atoms with Gasteiger partial charge in [-0.15, -0.1) is 0 Å². The zero-order valence-electron chi connectivity index (χ0n) is 11.9. The third-order valence-corrected chi connectivity index (χ3v) is 3.41. The summed E-state index contributed by atoms with van der Waals surface area (Å²) in [5.74, 6) is 0.863. The number of nitrogens with one attached hydrogen (secondary N) is 1. The summed E-state index contributed by atoms with van der Waals surface area (Å²) in [4.78, 5) is 0. The summed E-state index contributed by atoms with van der Waals surface area (Å²) in [6.45, 7) is 2.57. The lowest BCUT2D eigenvalue weighted by molar-refractivity contribution is 0.170. The lowest BCUT2D eigenvalue weighted by Gasteiger charge is -2.19. The van der Waals surface area contributed by atoms with Gasteiger partial charge in [-0.3, -0.25) is 0 Å². The summed E-state index contributed by atoms with van der Waals surface area (Å²) in [5.41, 5.74) is 2.02. The smallest absolute Gasteiger partial charge is 0.123 e. The molecule has 0 aliphatic heterocycles. The number of para-hydroxylation sites is 1. The summed E-state index contributed by atoms with van der Waals surface area (Å²) in [7, 11) is 1.67. The SMILES string of the molecule is COc1ccccc1[C@H](C)NCC(O)c1ccccc1. The number of hydrogen-bond acceptors (Lipinski definition) is 3. The number of ether oxygens (including phenoxy) is 1. The van der Waals surface area contributed by atoms with Crippen molar-refractivity contribution in [2.45, 2.75) is 19.1 Å². The van der Waals surface area contributed by atoms with Gasteiger partial charge in [0.05, 0.1) is 13.2 Å². The van der Waals surface area contributed by atoms with Crippen LogP contribution in [0.1, 0.15) is 30.2 Å². The Bertz CT molecular complexity index is 528. The molecule has 0 aliphatic carbocycles. The Labute approximate surface area is 120 Å². The molecule has 0 spiro atoms. The van der Waals surface area contributed by atoms with Crippen LogP contribution in [0, 0.1) is 0 Å². The van der Waals surface area contributed by atoms with Crippen LogP contribution in [0.5, 0.6) is 5.75 Å². The predicted molar refractivity (Wildman–Crippen MR) is 80.8 cm³/mol. The molecule has 2 atom stereocenters. The van der Waals surface area contributed by atoms with Gasteiger partial charge in [0.2, 0.25) is 0 Å². The Balaban J connectivity index is 1.97. The van der Waals surface area contributed by atoms with E-state index in [1.165, 1.54) is 0 Å². The number of aliphatic hydroxyl groups excluding tert-OH is 1. The van der Waals surface area contributed by atoms with Crippen LogP contribution in [0.4, 0.5) is 0 Å². The van der Waals surface area contributed by atoms with E-state index in [0.717, 1.165) is 16.9 Å². The molecule has 20 heavy (non-hydrogen) atoms. The molecule has 2 aromatic carbocycles. The number of benzene rings is 2. The van der Waals surface area contributed by atoms with Gasteiger partial charge in [-0.25, -0.2) is 0 Å². The van der Waals surface area contributed by atoms with Crippen molar-refractivity contribution in [1.29, 1.82) is 0 Å². The molecule has 2 N–H and O–H groups in total. The zero-order chi connectivity index (χ0) is 14.4. The summed E-state index contributed by atoms with van der Waals surface area (Å²) in [5, 5.41) is 13.5. The molecule has 0 fully saturated rings. The highest BCUT2D eigenvalue weighted by molar-refractivity contribution is 5.35. The van der Waals surface area contributed by atoms with Crippen molar-refractivity contribution in [2.24, 2.45) is 0 Å². The number of rotatable bonds is 6. The number of aliphatic hydroxyl groups is 1. The topological polar surface area (TPSA) is 41.5 Å². The average Bonchev–Trinajstić information content (AvgIpc) is 2.53. The molecule has 2 rings (SSSR count). The first kappa shape index (κ1) is 14.6. The number of hydrogen-bond donors (Lipinski definition) is 2. The standard InChI is InChI=1S/C17H21NO2/c1-13(15-10-6-7-11-17(15)20-2)18-12-16(19)14-8-4-3-5-9-14/h3-11,13,16,18-19H,12H2,1-2H3/t13-,16?/m0/s1. The van der Waals surface area contributed by atoms with Crippen LogP contribution >= 0.6 is 0 Å². The third kappa shape index (κ3) is 3.59. The maximum Gasteiger partial charge on any atom is 0.123 e. The largest absolute Gasteiger partial charge is 0.496 e. The molecule has 0 saturated carbocycles. The van der Waals surface area contributed by atoms with Crippen LogP contribution in [0.25, 0.3) is 0 Å². The molecular formula is C17H21NO2. The van der Waals surface area contributed by atoms with Crippen LogP contribution in [-0.2, 0) is 0 Å². The lowest BCUT2D eigenvalue weighted by Crippen LogP contribution is -2.25. The molecular weight excluding hydrogens is 250 g/mol. The van der Waals surface area contributed by atoms with E-state index in [-0.39, 0.29) is 6.04 Å². The minimum absolute atomic E-state index is 0.115. The van der Waals surface area contributed by atoms with Gasteiger partial charge in [0.1, 0.15) is 5.75 Å². The van der Waals surface area contributed by atoms with Crippen molar-refractivity contribution in [3.05, 3.63) is 65.7 Å². The monoisotopic (exact) mass is 271 g/mol. The minimum Gasteiger partial charge on any atom is -0.496 e. The highest BCUT2D eigenvalue weighted by atomic mass is 16.5. The Morgan fingerprint density at radius 2 is 1.70 bits per heavy atom. The Hall–Kier alpha value is -1.84. The third-order valence-electron chi connectivity index (χ3n) is 3.41. The zero-order valence-corrected chi connectivity index (χ0v) is 11.9. The fourth-order valence-corrected chi connectivity index (χ4v) is 2.22. The predicted octanol–water partition coefficient (Wildman–Crippen LogP) is 3.08. The summed E-state index contributed by atoms with van der Waals surface area (Å²) in [6, 6.07) is 17.7. The molecule has 1 unspecified atom stereocenters. The maximum atomic E-state index is 10.1. The van der Waals surface area contributed by atoms with Crippen molar-refractivity contribution >= 4 is 0 Å². The van der Waals surface area contributed by atoms with Gasteiger partial charge in [0.25, 0.3) is 0 Å². The van der Waals surface area contributed by atoms with E-state index < -0.39 is 6.10 Å². The highest BCUT2D eigenvalue weighted by Crippen LogP contribution is 2.24. The van der Waals surface area contributed by atoms with Crippen LogP contribution in [-0.4, -0.2) is 18.8 Å². The van der Waals surface area contributed by atoms with Gasteiger partial charge in [-0.1, -0.05) is 48.5 Å². The second-order valence-electron chi connectivity index (χ2n) is 4.80. The Morgan fingerprint density at radius 1 is 1.05 bits per heavy atom. The fraction of sp³-hybridized carbons (Fsp3) is 0.294. The summed E-state index contributed by atoms with van der Waals surface area (Å²) >= 11 is 0. The normalized spacial score (nSPS) is 13.8. The molecule has 2 aromatic rings. The van der Waals surface area contributed by atoms with E-state index >= 15 is 0 Å². The van der Waals surface area contributed by atoms with E-state index in [4.69, 9.17) is 4.74 Å². The molecule has 0 saturated heterocycles. The molecule has 0 aromatic heterocycles. The first-order chi connectivity index (χ1) is 9.72. The van der Waals surface area contributed by atoms with E-state index in [0.29, 0.717) is 6.54 Å². The molecule has 3 nitrogen and oxygen atoms in total. The van der Waals surface area contributed by atoms with Crippen LogP contribution in [0.2, 0.25) is 0 Å². The Morgan fingerprint density at radius 3 is 2.40 bits per heavy atom. The second-order valence-corrected chi connectivity index (χ2v) is 4.80. The summed E-state index contributed by atoms with van der Waals surface area (Å²) < 4.78 is 5.36. The van der Waals surface area contributed by atoms with Crippen molar-refractivity contribution in [3.8, 4) is 5.75 Å². The second kappa shape index (κ2) is 7.08. The first-order valence-electron chi connectivity index (χ1n) is 6.81. The molecule has 0 radical (unpaired) electrons. The molecule has 0 amide bonds. The summed E-state index contributed by atoms with van der Waals surface area (Å²) in [6.07, 6.45) is -0.506. The fourth-order valence-electron chi connectivity index (χ4n) is 2.22. The van der Waals surface area contributed by atoms with Crippen LogP contribution in [0.15, 0.2) is 54.6 Å².